The zero-order valence-corrected chi connectivity index (χ0v) is 14.8. The molecule has 0 bridgehead atoms. The molecule has 0 atom stereocenters. The summed E-state index contributed by atoms with van der Waals surface area (Å²) in [4.78, 5) is 0. The van der Waals surface area contributed by atoms with Crippen LogP contribution >= 0.6 is 0 Å². The van der Waals surface area contributed by atoms with Crippen LogP contribution < -0.4 is 4.74 Å². The molecule has 1 saturated carbocycles. The number of ether oxygens (including phenoxy) is 1. The number of hydrogen-bond donors (Lipinski definition) is 0. The van der Waals surface area contributed by atoms with E-state index < -0.39 is 10.0 Å². The normalized spacial score (nSPS) is 22.8. The van der Waals surface area contributed by atoms with Crippen LogP contribution in [-0.4, -0.2) is 43.9 Å². The van der Waals surface area contributed by atoms with E-state index in [0.29, 0.717) is 18.5 Å². The third kappa shape index (κ3) is 3.61. The summed E-state index contributed by atoms with van der Waals surface area (Å²) in [7, 11) is -3.41. The van der Waals surface area contributed by atoms with Crippen LogP contribution in [0.15, 0.2) is 39.8 Å². The summed E-state index contributed by atoms with van der Waals surface area (Å²) < 4.78 is 33.7. The number of fused-ring (bicyclic) bond motifs is 1. The molecular formula is C18H21N3O3S. The summed E-state index contributed by atoms with van der Waals surface area (Å²) in [5, 5.41) is 5.84. The summed E-state index contributed by atoms with van der Waals surface area (Å²) in [5.74, 6) is 1.25. The van der Waals surface area contributed by atoms with E-state index in [0.717, 1.165) is 29.7 Å². The fraction of sp³-hybridized carbons (Fsp3) is 0.444. The second-order valence-corrected chi connectivity index (χ2v) is 8.33. The monoisotopic (exact) mass is 359 g/mol. The van der Waals surface area contributed by atoms with Gasteiger partial charge in [-0.05, 0) is 49.5 Å². The van der Waals surface area contributed by atoms with Crippen molar-refractivity contribution < 1.29 is 13.2 Å². The summed E-state index contributed by atoms with van der Waals surface area (Å²) in [6, 6.07) is 7.79. The largest absolute Gasteiger partial charge is 0.490 e. The number of sulfonamides is 1. The Morgan fingerprint density at radius 2 is 1.84 bits per heavy atom. The minimum absolute atomic E-state index is 0.00468. The van der Waals surface area contributed by atoms with Gasteiger partial charge in [-0.2, -0.15) is 5.10 Å². The van der Waals surface area contributed by atoms with Gasteiger partial charge in [0.1, 0.15) is 5.75 Å². The molecule has 0 aromatic heterocycles. The fourth-order valence-electron chi connectivity index (χ4n) is 3.41. The van der Waals surface area contributed by atoms with Crippen molar-refractivity contribution in [2.75, 3.05) is 12.3 Å². The number of rotatable bonds is 3. The Labute approximate surface area is 147 Å². The molecule has 1 aromatic carbocycles. The molecule has 2 heterocycles. The van der Waals surface area contributed by atoms with E-state index in [-0.39, 0.29) is 5.75 Å². The van der Waals surface area contributed by atoms with Gasteiger partial charge in [-0.3, -0.25) is 0 Å². The van der Waals surface area contributed by atoms with Gasteiger partial charge in [0, 0.05) is 11.8 Å². The highest BCUT2D eigenvalue weighted by Gasteiger charge is 2.28. The van der Waals surface area contributed by atoms with E-state index in [2.05, 4.69) is 9.50 Å². The zero-order valence-electron chi connectivity index (χ0n) is 14.0. The molecule has 0 unspecified atom stereocenters. The summed E-state index contributed by atoms with van der Waals surface area (Å²) in [6.07, 6.45) is 9.80. The van der Waals surface area contributed by atoms with E-state index >= 15 is 0 Å². The second kappa shape index (κ2) is 6.63. The Balaban J connectivity index is 1.56. The Hall–Kier alpha value is -2.15. The van der Waals surface area contributed by atoms with E-state index in [1.165, 1.54) is 19.3 Å². The van der Waals surface area contributed by atoms with Crippen molar-refractivity contribution in [1.82, 2.24) is 5.01 Å². The third-order valence-corrected chi connectivity index (χ3v) is 5.89. The van der Waals surface area contributed by atoms with Crippen LogP contribution in [0.25, 0.3) is 5.57 Å². The van der Waals surface area contributed by atoms with Gasteiger partial charge in [0.2, 0.25) is 0 Å². The van der Waals surface area contributed by atoms with Crippen LogP contribution in [0.2, 0.25) is 0 Å². The molecule has 4 rings (SSSR count). The highest BCUT2D eigenvalue weighted by Crippen LogP contribution is 2.28. The van der Waals surface area contributed by atoms with E-state index in [1.807, 2.05) is 24.3 Å². The first-order valence-electron chi connectivity index (χ1n) is 8.73. The molecule has 6 nitrogen and oxygen atoms in total. The summed E-state index contributed by atoms with van der Waals surface area (Å²) in [6.45, 7) is 0.331. The molecule has 1 aliphatic carbocycles. The quantitative estimate of drug-likeness (QED) is 0.832. The molecule has 1 aromatic rings. The molecule has 7 heteroatoms. The molecule has 0 saturated heterocycles. The maximum atomic E-state index is 11.8. The number of amidine groups is 1. The van der Waals surface area contributed by atoms with Crippen molar-refractivity contribution in [1.29, 1.82) is 0 Å². The van der Waals surface area contributed by atoms with Crippen LogP contribution in [0.3, 0.4) is 0 Å². The van der Waals surface area contributed by atoms with Crippen molar-refractivity contribution in [2.24, 2.45) is 9.50 Å². The second-order valence-electron chi connectivity index (χ2n) is 6.57. The van der Waals surface area contributed by atoms with E-state index in [1.54, 1.807) is 17.3 Å². The van der Waals surface area contributed by atoms with Crippen LogP contribution in [0.1, 0.15) is 37.7 Å². The Morgan fingerprint density at radius 1 is 1.08 bits per heavy atom. The lowest BCUT2D eigenvalue weighted by molar-refractivity contribution is 0.155. The molecule has 2 aliphatic heterocycles. The lowest BCUT2D eigenvalue weighted by Gasteiger charge is -2.28. The SMILES string of the molecule is O=S1(=O)CCN2N=CC=C(c3ccc(OC4CCCCC4)cc3)C2=N1. The number of hydrazone groups is 1. The number of benzene rings is 1. The Kier molecular flexibility index (Phi) is 4.33. The summed E-state index contributed by atoms with van der Waals surface area (Å²) in [5.41, 5.74) is 1.67. The summed E-state index contributed by atoms with van der Waals surface area (Å²) >= 11 is 0. The molecule has 3 aliphatic rings. The average molecular weight is 359 g/mol. The van der Waals surface area contributed by atoms with Gasteiger partial charge >= 0.3 is 0 Å². The van der Waals surface area contributed by atoms with E-state index in [9.17, 15) is 8.42 Å². The van der Waals surface area contributed by atoms with Gasteiger partial charge in [0.15, 0.2) is 5.84 Å². The molecular weight excluding hydrogens is 338 g/mol. The Morgan fingerprint density at radius 3 is 2.60 bits per heavy atom. The highest BCUT2D eigenvalue weighted by atomic mass is 32.2. The lowest BCUT2D eigenvalue weighted by atomic mass is 9.98. The maximum absolute atomic E-state index is 11.8. The van der Waals surface area contributed by atoms with Crippen LogP contribution in [0, 0.1) is 0 Å². The molecule has 25 heavy (non-hydrogen) atoms. The number of allylic oxidation sites excluding steroid dienone is 1. The van der Waals surface area contributed by atoms with Gasteiger partial charge in [-0.15, -0.1) is 4.40 Å². The first-order valence-corrected chi connectivity index (χ1v) is 10.3. The standard InChI is InChI=1S/C18H21N3O3S/c22-25(23)13-12-21-18(20-25)17(10-11-19-21)14-6-8-16(9-7-14)24-15-4-2-1-3-5-15/h6-11,15H,1-5,12-13H2. The first-order chi connectivity index (χ1) is 12.1. The van der Waals surface area contributed by atoms with Gasteiger partial charge < -0.3 is 4.74 Å². The van der Waals surface area contributed by atoms with Gasteiger partial charge in [0.05, 0.1) is 18.4 Å². The smallest absolute Gasteiger partial charge is 0.256 e. The minimum Gasteiger partial charge on any atom is -0.490 e. The fourth-order valence-corrected chi connectivity index (χ4v) is 4.36. The predicted octanol–water partition coefficient (Wildman–Crippen LogP) is 2.82. The van der Waals surface area contributed by atoms with E-state index in [4.69, 9.17) is 4.74 Å². The minimum atomic E-state index is -3.41. The molecule has 132 valence electrons. The van der Waals surface area contributed by atoms with Gasteiger partial charge in [-0.25, -0.2) is 13.4 Å². The van der Waals surface area contributed by atoms with Crippen molar-refractivity contribution in [3.8, 4) is 5.75 Å². The van der Waals surface area contributed by atoms with Crippen LogP contribution in [0.5, 0.6) is 5.75 Å². The molecule has 0 spiro atoms. The van der Waals surface area contributed by atoms with Crippen LogP contribution in [-0.2, 0) is 10.0 Å². The maximum Gasteiger partial charge on any atom is 0.256 e. The third-order valence-electron chi connectivity index (χ3n) is 4.74. The molecule has 1 fully saturated rings. The van der Waals surface area contributed by atoms with Crippen molar-refractivity contribution in [3.05, 3.63) is 35.9 Å². The van der Waals surface area contributed by atoms with Crippen molar-refractivity contribution in [2.45, 2.75) is 38.2 Å². The Bertz CT molecular complexity index is 835. The lowest BCUT2D eigenvalue weighted by Crippen LogP contribution is -2.38. The zero-order chi connectivity index (χ0) is 17.3. The number of nitrogens with zero attached hydrogens (tertiary/aromatic N) is 3. The van der Waals surface area contributed by atoms with Crippen molar-refractivity contribution >= 4 is 27.6 Å². The molecule has 0 N–H and O–H groups in total. The topological polar surface area (TPSA) is 71.3 Å². The van der Waals surface area contributed by atoms with Crippen molar-refractivity contribution in [3.63, 3.8) is 0 Å². The molecule has 0 amide bonds. The van der Waals surface area contributed by atoms with Gasteiger partial charge in [-0.1, -0.05) is 18.6 Å². The van der Waals surface area contributed by atoms with Gasteiger partial charge in [0.25, 0.3) is 10.0 Å². The van der Waals surface area contributed by atoms with Crippen LogP contribution in [0.4, 0.5) is 0 Å². The predicted molar refractivity (Wildman–Crippen MR) is 98.3 cm³/mol. The molecule has 0 radical (unpaired) electrons. The average Bonchev–Trinajstić information content (AvgIpc) is 2.62. The first kappa shape index (κ1) is 16.3. The highest BCUT2D eigenvalue weighted by molar-refractivity contribution is 7.90. The number of hydrogen-bond acceptors (Lipinski definition) is 5.